The van der Waals surface area contributed by atoms with E-state index in [1.165, 1.54) is 16.8 Å². The van der Waals surface area contributed by atoms with Gasteiger partial charge in [-0.3, -0.25) is 9.59 Å². The third-order valence-corrected chi connectivity index (χ3v) is 4.41. The van der Waals surface area contributed by atoms with Crippen LogP contribution in [-0.4, -0.2) is 15.7 Å². The van der Waals surface area contributed by atoms with Crippen molar-refractivity contribution in [2.24, 2.45) is 0 Å². The van der Waals surface area contributed by atoms with Gasteiger partial charge in [-0.15, -0.1) is 0 Å². The summed E-state index contributed by atoms with van der Waals surface area (Å²) in [6, 6.07) is 16.4. The number of hydrogen-bond acceptors (Lipinski definition) is 3. The smallest absolute Gasteiger partial charge is 0.276 e. The normalized spacial score (nSPS) is 10.6. The van der Waals surface area contributed by atoms with E-state index in [0.29, 0.717) is 6.54 Å². The molecule has 26 heavy (non-hydrogen) atoms. The number of hydrogen-bond donors (Lipinski definition) is 1. The number of carbonyl (C=O) groups excluding carboxylic acids is 1. The van der Waals surface area contributed by atoms with Gasteiger partial charge in [0.1, 0.15) is 5.69 Å². The summed E-state index contributed by atoms with van der Waals surface area (Å²) in [5, 5.41) is 7.10. The second kappa shape index (κ2) is 7.35. The number of aryl methyl sites for hydroxylation is 2. The van der Waals surface area contributed by atoms with Crippen molar-refractivity contribution >= 4 is 11.6 Å². The van der Waals surface area contributed by atoms with Crippen LogP contribution in [0.4, 0.5) is 5.69 Å². The summed E-state index contributed by atoms with van der Waals surface area (Å²) < 4.78 is 1.31. The molecular weight excluding hydrogens is 326 g/mol. The fourth-order valence-corrected chi connectivity index (χ4v) is 2.62. The lowest BCUT2D eigenvalue weighted by molar-refractivity contribution is 0.102. The fraction of sp³-hybridized carbons (Fsp3) is 0.190. The van der Waals surface area contributed by atoms with Gasteiger partial charge in [-0.1, -0.05) is 42.0 Å². The minimum Gasteiger partial charge on any atom is -0.320 e. The predicted octanol–water partition coefficient (Wildman–Crippen LogP) is 3.47. The summed E-state index contributed by atoms with van der Waals surface area (Å²) in [6.45, 7) is 6.28. The molecule has 0 unspecified atom stereocenters. The molecule has 1 aromatic heterocycles. The molecule has 0 saturated heterocycles. The van der Waals surface area contributed by atoms with E-state index in [9.17, 15) is 9.59 Å². The molecule has 5 nitrogen and oxygen atoms in total. The third kappa shape index (κ3) is 3.88. The second-order valence-electron chi connectivity index (χ2n) is 6.40. The minimum absolute atomic E-state index is 0.206. The van der Waals surface area contributed by atoms with Crippen LogP contribution in [0.15, 0.2) is 59.4 Å². The monoisotopic (exact) mass is 347 g/mol. The van der Waals surface area contributed by atoms with Crippen LogP contribution in [0.3, 0.4) is 0 Å². The molecule has 0 spiro atoms. The maximum Gasteiger partial charge on any atom is 0.276 e. The summed E-state index contributed by atoms with van der Waals surface area (Å²) in [5.74, 6) is -0.337. The maximum absolute atomic E-state index is 12.5. The molecule has 5 heteroatoms. The highest BCUT2D eigenvalue weighted by Gasteiger charge is 2.12. The Morgan fingerprint density at radius 1 is 1.00 bits per heavy atom. The van der Waals surface area contributed by atoms with Crippen LogP contribution in [0, 0.1) is 20.8 Å². The minimum atomic E-state index is -0.337. The molecule has 0 fully saturated rings. The van der Waals surface area contributed by atoms with Gasteiger partial charge in [-0.05, 0) is 49.6 Å². The van der Waals surface area contributed by atoms with E-state index in [-0.39, 0.29) is 17.2 Å². The Bertz CT molecular complexity index is 1000. The molecule has 0 radical (unpaired) electrons. The Morgan fingerprint density at radius 2 is 1.73 bits per heavy atom. The lowest BCUT2D eigenvalue weighted by Crippen LogP contribution is -2.26. The van der Waals surface area contributed by atoms with E-state index in [0.717, 1.165) is 27.9 Å². The first-order valence-electron chi connectivity index (χ1n) is 8.45. The lowest BCUT2D eigenvalue weighted by Gasteiger charge is -2.11. The van der Waals surface area contributed by atoms with E-state index in [4.69, 9.17) is 0 Å². The predicted molar refractivity (Wildman–Crippen MR) is 103 cm³/mol. The van der Waals surface area contributed by atoms with E-state index < -0.39 is 0 Å². The van der Waals surface area contributed by atoms with Crippen LogP contribution in [0.2, 0.25) is 0 Å². The van der Waals surface area contributed by atoms with Crippen LogP contribution in [-0.2, 0) is 6.54 Å². The average molecular weight is 347 g/mol. The summed E-state index contributed by atoms with van der Waals surface area (Å²) in [7, 11) is 0. The number of anilines is 1. The number of nitrogens with zero attached hydrogens (tertiary/aromatic N) is 2. The zero-order chi connectivity index (χ0) is 18.7. The zero-order valence-electron chi connectivity index (χ0n) is 15.1. The first-order chi connectivity index (χ1) is 12.4. The molecule has 3 rings (SSSR count). The van der Waals surface area contributed by atoms with Crippen molar-refractivity contribution in [2.45, 2.75) is 27.3 Å². The maximum atomic E-state index is 12.5. The third-order valence-electron chi connectivity index (χ3n) is 4.41. The highest BCUT2D eigenvalue weighted by molar-refractivity contribution is 6.03. The second-order valence-corrected chi connectivity index (χ2v) is 6.40. The summed E-state index contributed by atoms with van der Waals surface area (Å²) in [4.78, 5) is 24.6. The SMILES string of the molecule is Cc1ccc(Cn2nc(C(=O)Nc3cccc(C)c3C)ccc2=O)cc1. The van der Waals surface area contributed by atoms with Crippen LogP contribution >= 0.6 is 0 Å². The van der Waals surface area contributed by atoms with Gasteiger partial charge in [-0.2, -0.15) is 5.10 Å². The van der Waals surface area contributed by atoms with E-state index in [1.54, 1.807) is 0 Å². The Hall–Kier alpha value is -3.21. The number of benzene rings is 2. The van der Waals surface area contributed by atoms with Crippen molar-refractivity contribution in [3.05, 3.63) is 92.9 Å². The molecule has 2 aromatic carbocycles. The number of carbonyl (C=O) groups is 1. The Labute approximate surface area is 152 Å². The van der Waals surface area contributed by atoms with Crippen molar-refractivity contribution in [2.75, 3.05) is 5.32 Å². The molecular formula is C21H21N3O2. The van der Waals surface area contributed by atoms with Crippen LogP contribution in [0.1, 0.15) is 32.7 Å². The standard InChI is InChI=1S/C21H21N3O2/c1-14-7-9-17(10-8-14)13-24-20(25)12-11-19(23-24)21(26)22-18-6-4-5-15(2)16(18)3/h4-12H,13H2,1-3H3,(H,22,26). The molecule has 132 valence electrons. The highest BCUT2D eigenvalue weighted by Crippen LogP contribution is 2.18. The first kappa shape index (κ1) is 17.6. The average Bonchev–Trinajstić information content (AvgIpc) is 2.62. The quantitative estimate of drug-likeness (QED) is 0.786. The summed E-state index contributed by atoms with van der Waals surface area (Å²) >= 11 is 0. The Balaban J connectivity index is 1.84. The van der Waals surface area contributed by atoms with E-state index in [1.807, 2.05) is 63.2 Å². The van der Waals surface area contributed by atoms with Gasteiger partial charge in [0.25, 0.3) is 11.5 Å². The lowest BCUT2D eigenvalue weighted by atomic mass is 10.1. The van der Waals surface area contributed by atoms with Gasteiger partial charge < -0.3 is 5.32 Å². The van der Waals surface area contributed by atoms with Crippen LogP contribution < -0.4 is 10.9 Å². The first-order valence-corrected chi connectivity index (χ1v) is 8.45. The molecule has 1 amide bonds. The number of rotatable bonds is 4. The topological polar surface area (TPSA) is 64.0 Å². The van der Waals surface area contributed by atoms with Crippen molar-refractivity contribution in [1.29, 1.82) is 0 Å². The number of nitrogens with one attached hydrogen (secondary N) is 1. The Morgan fingerprint density at radius 3 is 2.46 bits per heavy atom. The van der Waals surface area contributed by atoms with Crippen molar-refractivity contribution in [1.82, 2.24) is 9.78 Å². The molecule has 0 saturated carbocycles. The molecule has 0 aliphatic rings. The summed E-state index contributed by atoms with van der Waals surface area (Å²) in [6.07, 6.45) is 0. The Kier molecular flexibility index (Phi) is 4.98. The van der Waals surface area contributed by atoms with Crippen molar-refractivity contribution in [3.63, 3.8) is 0 Å². The van der Waals surface area contributed by atoms with Crippen molar-refractivity contribution < 1.29 is 4.79 Å². The fourth-order valence-electron chi connectivity index (χ4n) is 2.62. The van der Waals surface area contributed by atoms with Gasteiger partial charge >= 0.3 is 0 Å². The van der Waals surface area contributed by atoms with Gasteiger partial charge in [0, 0.05) is 11.8 Å². The number of aromatic nitrogens is 2. The van der Waals surface area contributed by atoms with Gasteiger partial charge in [0.05, 0.1) is 6.54 Å². The number of amides is 1. The van der Waals surface area contributed by atoms with Crippen LogP contribution in [0.5, 0.6) is 0 Å². The van der Waals surface area contributed by atoms with E-state index >= 15 is 0 Å². The molecule has 3 aromatic rings. The summed E-state index contributed by atoms with van der Waals surface area (Å²) in [5.41, 5.74) is 4.92. The molecule has 1 N–H and O–H groups in total. The highest BCUT2D eigenvalue weighted by atomic mass is 16.2. The van der Waals surface area contributed by atoms with Crippen LogP contribution in [0.25, 0.3) is 0 Å². The molecule has 0 bridgehead atoms. The largest absolute Gasteiger partial charge is 0.320 e. The molecule has 0 atom stereocenters. The van der Waals surface area contributed by atoms with Gasteiger partial charge in [0.2, 0.25) is 0 Å². The van der Waals surface area contributed by atoms with Crippen molar-refractivity contribution in [3.8, 4) is 0 Å². The van der Waals surface area contributed by atoms with Gasteiger partial charge in [-0.25, -0.2) is 4.68 Å². The van der Waals surface area contributed by atoms with Gasteiger partial charge in [0.15, 0.2) is 0 Å². The molecule has 1 heterocycles. The molecule has 0 aliphatic carbocycles. The molecule has 0 aliphatic heterocycles. The zero-order valence-corrected chi connectivity index (χ0v) is 15.1. The van der Waals surface area contributed by atoms with E-state index in [2.05, 4.69) is 10.4 Å².